The predicted octanol–water partition coefficient (Wildman–Crippen LogP) is 3.92. The van der Waals surface area contributed by atoms with Gasteiger partial charge in [0.25, 0.3) is 5.91 Å². The second-order valence-corrected chi connectivity index (χ2v) is 7.52. The highest BCUT2D eigenvalue weighted by Crippen LogP contribution is 2.24. The van der Waals surface area contributed by atoms with E-state index in [4.69, 9.17) is 0 Å². The fourth-order valence-electron chi connectivity index (χ4n) is 3.87. The lowest BCUT2D eigenvalue weighted by molar-refractivity contribution is -0.128. The van der Waals surface area contributed by atoms with Crippen molar-refractivity contribution in [1.29, 1.82) is 0 Å². The van der Waals surface area contributed by atoms with Gasteiger partial charge in [0.2, 0.25) is 5.91 Å². The SMILES string of the molecule is CCCCCc1c(C)nn(C(=O)C2CC(=O)N(Cc3ccccc3)C2)c1C. The monoisotopic (exact) mass is 367 g/mol. The van der Waals surface area contributed by atoms with E-state index in [0.29, 0.717) is 13.1 Å². The molecule has 1 aromatic heterocycles. The number of amides is 1. The summed E-state index contributed by atoms with van der Waals surface area (Å²) in [7, 11) is 0. The van der Waals surface area contributed by atoms with E-state index in [1.165, 1.54) is 18.4 Å². The van der Waals surface area contributed by atoms with Crippen LogP contribution in [0.2, 0.25) is 0 Å². The van der Waals surface area contributed by atoms with Gasteiger partial charge in [-0.1, -0.05) is 50.1 Å². The lowest BCUT2D eigenvalue weighted by Crippen LogP contribution is -2.28. The minimum absolute atomic E-state index is 0.0434. The first-order chi connectivity index (χ1) is 13.0. The van der Waals surface area contributed by atoms with E-state index in [9.17, 15) is 9.59 Å². The number of unbranched alkanes of at least 4 members (excludes halogenated alkanes) is 2. The van der Waals surface area contributed by atoms with Gasteiger partial charge in [0, 0.05) is 25.2 Å². The molecule has 5 nitrogen and oxygen atoms in total. The van der Waals surface area contributed by atoms with Gasteiger partial charge in [-0.2, -0.15) is 5.10 Å². The van der Waals surface area contributed by atoms with Gasteiger partial charge in [-0.15, -0.1) is 0 Å². The summed E-state index contributed by atoms with van der Waals surface area (Å²) in [6.45, 7) is 7.15. The summed E-state index contributed by atoms with van der Waals surface area (Å²) in [5, 5.41) is 4.50. The first kappa shape index (κ1) is 19.3. The van der Waals surface area contributed by atoms with Crippen LogP contribution in [0.25, 0.3) is 0 Å². The third-order valence-corrected chi connectivity index (χ3v) is 5.46. The largest absolute Gasteiger partial charge is 0.338 e. The topological polar surface area (TPSA) is 55.2 Å². The highest BCUT2D eigenvalue weighted by Gasteiger charge is 2.36. The number of aromatic nitrogens is 2. The van der Waals surface area contributed by atoms with Crippen molar-refractivity contribution < 1.29 is 9.59 Å². The van der Waals surface area contributed by atoms with Gasteiger partial charge in [-0.05, 0) is 37.8 Å². The summed E-state index contributed by atoms with van der Waals surface area (Å²) >= 11 is 0. The van der Waals surface area contributed by atoms with Crippen LogP contribution in [-0.2, 0) is 17.8 Å². The maximum Gasteiger partial charge on any atom is 0.252 e. The van der Waals surface area contributed by atoms with Crippen LogP contribution >= 0.6 is 0 Å². The molecule has 0 N–H and O–H groups in total. The molecule has 0 bridgehead atoms. The van der Waals surface area contributed by atoms with Crippen LogP contribution in [0.4, 0.5) is 0 Å². The van der Waals surface area contributed by atoms with E-state index in [2.05, 4.69) is 12.0 Å². The van der Waals surface area contributed by atoms with Crippen LogP contribution in [0.5, 0.6) is 0 Å². The number of hydrogen-bond donors (Lipinski definition) is 0. The summed E-state index contributed by atoms with van der Waals surface area (Å²) in [5.41, 5.74) is 4.13. The minimum atomic E-state index is -0.317. The molecule has 27 heavy (non-hydrogen) atoms. The van der Waals surface area contributed by atoms with Crippen molar-refractivity contribution in [3.05, 3.63) is 52.8 Å². The maximum atomic E-state index is 13.0. The standard InChI is InChI=1S/C22H29N3O2/c1-4-5-7-12-20-16(2)23-25(17(20)3)22(27)19-13-21(26)24(15-19)14-18-10-8-6-9-11-18/h6,8-11,19H,4-5,7,12-15H2,1-3H3. The number of rotatable bonds is 7. The molecule has 0 radical (unpaired) electrons. The van der Waals surface area contributed by atoms with Crippen molar-refractivity contribution >= 4 is 11.8 Å². The Morgan fingerprint density at radius 2 is 1.93 bits per heavy atom. The second-order valence-electron chi connectivity index (χ2n) is 7.52. The molecule has 0 aliphatic carbocycles. The lowest BCUT2D eigenvalue weighted by Gasteiger charge is -2.16. The van der Waals surface area contributed by atoms with E-state index in [-0.39, 0.29) is 24.2 Å². The highest BCUT2D eigenvalue weighted by atomic mass is 16.2. The molecule has 0 spiro atoms. The maximum absolute atomic E-state index is 13.0. The summed E-state index contributed by atoms with van der Waals surface area (Å²) in [5.74, 6) is -0.328. The summed E-state index contributed by atoms with van der Waals surface area (Å²) in [6.07, 6.45) is 4.71. The van der Waals surface area contributed by atoms with E-state index in [0.717, 1.165) is 29.8 Å². The molecular formula is C22H29N3O2. The Labute approximate surface area is 161 Å². The van der Waals surface area contributed by atoms with Gasteiger partial charge in [0.05, 0.1) is 11.6 Å². The summed E-state index contributed by atoms with van der Waals surface area (Å²) in [6, 6.07) is 9.91. The summed E-state index contributed by atoms with van der Waals surface area (Å²) < 4.78 is 1.54. The zero-order chi connectivity index (χ0) is 19.4. The molecule has 0 saturated carbocycles. The van der Waals surface area contributed by atoms with Gasteiger partial charge >= 0.3 is 0 Å². The van der Waals surface area contributed by atoms with Gasteiger partial charge in [-0.3, -0.25) is 9.59 Å². The van der Waals surface area contributed by atoms with Gasteiger partial charge in [0.15, 0.2) is 0 Å². The molecule has 5 heteroatoms. The van der Waals surface area contributed by atoms with Crippen molar-refractivity contribution in [3.8, 4) is 0 Å². The minimum Gasteiger partial charge on any atom is -0.338 e. The van der Waals surface area contributed by atoms with Gasteiger partial charge < -0.3 is 4.90 Å². The third kappa shape index (κ3) is 4.29. The van der Waals surface area contributed by atoms with Crippen LogP contribution in [0.3, 0.4) is 0 Å². The Bertz CT molecular complexity index is 810. The number of nitrogens with zero attached hydrogens (tertiary/aromatic N) is 3. The number of likely N-dealkylation sites (tertiary alicyclic amines) is 1. The van der Waals surface area contributed by atoms with Crippen LogP contribution in [0, 0.1) is 19.8 Å². The molecule has 1 aliphatic rings. The Kier molecular flexibility index (Phi) is 6.09. The number of aryl methyl sites for hydroxylation is 1. The predicted molar refractivity (Wildman–Crippen MR) is 106 cm³/mol. The van der Waals surface area contributed by atoms with E-state index < -0.39 is 0 Å². The van der Waals surface area contributed by atoms with E-state index in [1.807, 2.05) is 44.2 Å². The fourth-order valence-corrected chi connectivity index (χ4v) is 3.87. The zero-order valence-corrected chi connectivity index (χ0v) is 16.6. The Balaban J connectivity index is 1.69. The smallest absolute Gasteiger partial charge is 0.252 e. The third-order valence-electron chi connectivity index (χ3n) is 5.46. The lowest BCUT2D eigenvalue weighted by atomic mass is 10.0. The Morgan fingerprint density at radius 1 is 1.19 bits per heavy atom. The van der Waals surface area contributed by atoms with Crippen molar-refractivity contribution in [1.82, 2.24) is 14.7 Å². The van der Waals surface area contributed by atoms with Crippen molar-refractivity contribution in [2.45, 2.75) is 59.4 Å². The zero-order valence-electron chi connectivity index (χ0n) is 16.6. The number of hydrogen-bond acceptors (Lipinski definition) is 3. The molecule has 2 aromatic rings. The molecule has 1 saturated heterocycles. The number of carbonyl (C=O) groups is 2. The average Bonchev–Trinajstić information content (AvgIpc) is 3.16. The van der Waals surface area contributed by atoms with Crippen LogP contribution in [-0.4, -0.2) is 33.0 Å². The van der Waals surface area contributed by atoms with Gasteiger partial charge in [0.1, 0.15) is 0 Å². The van der Waals surface area contributed by atoms with E-state index >= 15 is 0 Å². The van der Waals surface area contributed by atoms with Gasteiger partial charge in [-0.25, -0.2) is 4.68 Å². The molecule has 2 heterocycles. The molecule has 144 valence electrons. The van der Waals surface area contributed by atoms with Crippen LogP contribution in [0.1, 0.15) is 59.9 Å². The van der Waals surface area contributed by atoms with Crippen molar-refractivity contribution in [2.24, 2.45) is 5.92 Å². The van der Waals surface area contributed by atoms with Crippen LogP contribution < -0.4 is 0 Å². The second kappa shape index (κ2) is 8.51. The summed E-state index contributed by atoms with van der Waals surface area (Å²) in [4.78, 5) is 27.2. The molecule has 1 unspecified atom stereocenters. The van der Waals surface area contributed by atoms with E-state index in [1.54, 1.807) is 9.58 Å². The quantitative estimate of drug-likeness (QED) is 0.697. The molecular weight excluding hydrogens is 338 g/mol. The number of carbonyl (C=O) groups excluding carboxylic acids is 2. The van der Waals surface area contributed by atoms with Crippen molar-refractivity contribution in [2.75, 3.05) is 6.54 Å². The molecule has 1 aliphatic heterocycles. The first-order valence-corrected chi connectivity index (χ1v) is 9.92. The molecule has 1 fully saturated rings. The Hall–Kier alpha value is -2.43. The normalized spacial score (nSPS) is 16.9. The first-order valence-electron chi connectivity index (χ1n) is 9.92. The number of benzene rings is 1. The molecule has 1 aromatic carbocycles. The van der Waals surface area contributed by atoms with Crippen LogP contribution in [0.15, 0.2) is 30.3 Å². The molecule has 1 atom stereocenters. The fraction of sp³-hybridized carbons (Fsp3) is 0.500. The molecule has 1 amide bonds. The molecule has 3 rings (SSSR count). The average molecular weight is 367 g/mol. The Morgan fingerprint density at radius 3 is 2.63 bits per heavy atom. The van der Waals surface area contributed by atoms with Crippen molar-refractivity contribution in [3.63, 3.8) is 0 Å². The highest BCUT2D eigenvalue weighted by molar-refractivity contribution is 5.90.